The molecule has 1 amide bonds. The molecule has 0 saturated heterocycles. The molecule has 6 nitrogen and oxygen atoms in total. The van der Waals surface area contributed by atoms with Crippen LogP contribution in [-0.4, -0.2) is 51.3 Å². The molecule has 30 heavy (non-hydrogen) atoms. The number of rotatable bonds is 8. The van der Waals surface area contributed by atoms with Gasteiger partial charge in [-0.3, -0.25) is 9.69 Å². The average molecular weight is 413 g/mol. The van der Waals surface area contributed by atoms with Gasteiger partial charge in [0, 0.05) is 26.2 Å². The van der Waals surface area contributed by atoms with Crippen LogP contribution in [0.2, 0.25) is 0 Å². The summed E-state index contributed by atoms with van der Waals surface area (Å²) < 4.78 is 16.1. The molecule has 0 aliphatic carbocycles. The number of nitrogens with one attached hydrogen (secondary N) is 1. The highest BCUT2D eigenvalue weighted by molar-refractivity contribution is 5.77. The molecule has 162 valence electrons. The molecule has 0 fully saturated rings. The van der Waals surface area contributed by atoms with Crippen LogP contribution in [0.15, 0.2) is 36.4 Å². The number of aryl methyl sites for hydroxylation is 1. The summed E-state index contributed by atoms with van der Waals surface area (Å²) in [5, 5.41) is 3.11. The van der Waals surface area contributed by atoms with Gasteiger partial charge in [0.05, 0.1) is 20.3 Å². The summed E-state index contributed by atoms with van der Waals surface area (Å²) in [5.74, 6) is 1.32. The Bertz CT molecular complexity index is 884. The first-order valence-corrected chi connectivity index (χ1v) is 10.3. The molecule has 0 spiro atoms. The summed E-state index contributed by atoms with van der Waals surface area (Å²) in [6.45, 7) is 5.91. The number of amides is 1. The van der Waals surface area contributed by atoms with Gasteiger partial charge < -0.3 is 19.5 Å². The van der Waals surface area contributed by atoms with Crippen LogP contribution < -0.4 is 14.8 Å². The predicted molar refractivity (Wildman–Crippen MR) is 117 cm³/mol. The van der Waals surface area contributed by atoms with Crippen LogP contribution in [0.3, 0.4) is 0 Å². The Morgan fingerprint density at radius 3 is 2.57 bits per heavy atom. The second kappa shape index (κ2) is 9.96. The van der Waals surface area contributed by atoms with Crippen molar-refractivity contribution in [1.29, 1.82) is 0 Å². The summed E-state index contributed by atoms with van der Waals surface area (Å²) >= 11 is 0. The highest BCUT2D eigenvalue weighted by atomic mass is 16.5. The van der Waals surface area contributed by atoms with E-state index in [0.29, 0.717) is 5.75 Å². The third-order valence-electron chi connectivity index (χ3n) is 5.63. The van der Waals surface area contributed by atoms with Crippen LogP contribution in [0.4, 0.5) is 0 Å². The van der Waals surface area contributed by atoms with E-state index >= 15 is 0 Å². The molecule has 1 heterocycles. The first-order valence-electron chi connectivity index (χ1n) is 10.3. The molecular weight excluding hydrogens is 380 g/mol. The lowest BCUT2D eigenvalue weighted by atomic mass is 9.87. The van der Waals surface area contributed by atoms with Crippen molar-refractivity contribution in [3.05, 3.63) is 58.7 Å². The van der Waals surface area contributed by atoms with Crippen LogP contribution in [-0.2, 0) is 22.5 Å². The number of carbonyl (C=O) groups is 1. The SMILES string of the molecule is COCC(=O)N[C@H](C)[C@H]1c2cc(OC)c(OC)cc2CCN1Cc1cccc(C)c1. The van der Waals surface area contributed by atoms with E-state index in [-0.39, 0.29) is 24.6 Å². The van der Waals surface area contributed by atoms with Crippen molar-refractivity contribution >= 4 is 5.91 Å². The predicted octanol–water partition coefficient (Wildman–Crippen LogP) is 3.26. The maximum atomic E-state index is 12.2. The van der Waals surface area contributed by atoms with Crippen LogP contribution in [0, 0.1) is 6.92 Å². The number of ether oxygens (including phenoxy) is 3. The highest BCUT2D eigenvalue weighted by Gasteiger charge is 2.33. The molecule has 2 atom stereocenters. The zero-order valence-electron chi connectivity index (χ0n) is 18.5. The zero-order valence-corrected chi connectivity index (χ0v) is 18.5. The van der Waals surface area contributed by atoms with Crippen LogP contribution in [0.25, 0.3) is 0 Å². The van der Waals surface area contributed by atoms with Crippen molar-refractivity contribution in [1.82, 2.24) is 10.2 Å². The summed E-state index contributed by atoms with van der Waals surface area (Å²) in [6.07, 6.45) is 0.913. The second-order valence-corrected chi connectivity index (χ2v) is 7.85. The highest BCUT2D eigenvalue weighted by Crippen LogP contribution is 2.40. The van der Waals surface area contributed by atoms with E-state index in [2.05, 4.69) is 53.5 Å². The van der Waals surface area contributed by atoms with E-state index in [1.165, 1.54) is 23.8 Å². The number of methoxy groups -OCH3 is 3. The van der Waals surface area contributed by atoms with E-state index in [1.54, 1.807) is 14.2 Å². The molecule has 2 aromatic rings. The molecule has 0 bridgehead atoms. The molecule has 6 heteroatoms. The lowest BCUT2D eigenvalue weighted by Crippen LogP contribution is -2.48. The Kier molecular flexibility index (Phi) is 7.34. The van der Waals surface area contributed by atoms with E-state index < -0.39 is 0 Å². The van der Waals surface area contributed by atoms with Crippen molar-refractivity contribution in [3.8, 4) is 11.5 Å². The molecule has 2 aromatic carbocycles. The van der Waals surface area contributed by atoms with Gasteiger partial charge >= 0.3 is 0 Å². The quantitative estimate of drug-likeness (QED) is 0.721. The first kappa shape index (κ1) is 22.1. The fourth-order valence-electron chi connectivity index (χ4n) is 4.34. The van der Waals surface area contributed by atoms with Gasteiger partial charge in [-0.05, 0) is 49.1 Å². The molecule has 0 radical (unpaired) electrons. The third-order valence-corrected chi connectivity index (χ3v) is 5.63. The second-order valence-electron chi connectivity index (χ2n) is 7.85. The van der Waals surface area contributed by atoms with E-state index in [9.17, 15) is 4.79 Å². The Balaban J connectivity index is 1.97. The molecule has 1 N–H and O–H groups in total. The van der Waals surface area contributed by atoms with Gasteiger partial charge in [-0.2, -0.15) is 0 Å². The first-order chi connectivity index (χ1) is 14.5. The van der Waals surface area contributed by atoms with E-state index in [4.69, 9.17) is 14.2 Å². The minimum atomic E-state index is -0.117. The molecule has 0 saturated carbocycles. The monoisotopic (exact) mass is 412 g/mol. The molecule has 0 unspecified atom stereocenters. The Hall–Kier alpha value is -2.57. The van der Waals surface area contributed by atoms with Crippen molar-refractivity contribution in [3.63, 3.8) is 0 Å². The summed E-state index contributed by atoms with van der Waals surface area (Å²) in [4.78, 5) is 14.7. The van der Waals surface area contributed by atoms with Gasteiger partial charge in [-0.15, -0.1) is 0 Å². The summed E-state index contributed by atoms with van der Waals surface area (Å²) in [5.41, 5.74) is 4.90. The van der Waals surface area contributed by atoms with Crippen LogP contribution in [0.5, 0.6) is 11.5 Å². The van der Waals surface area contributed by atoms with Gasteiger partial charge in [0.25, 0.3) is 0 Å². The van der Waals surface area contributed by atoms with Crippen LogP contribution >= 0.6 is 0 Å². The van der Waals surface area contributed by atoms with Crippen molar-refractivity contribution in [2.75, 3.05) is 34.5 Å². The minimum Gasteiger partial charge on any atom is -0.493 e. The number of benzene rings is 2. The zero-order chi connectivity index (χ0) is 21.7. The molecule has 3 rings (SSSR count). The molecular formula is C24H32N2O4. The fraction of sp³-hybridized carbons (Fsp3) is 0.458. The number of carbonyl (C=O) groups excluding carboxylic acids is 1. The van der Waals surface area contributed by atoms with Gasteiger partial charge in [0.2, 0.25) is 5.91 Å². The lowest BCUT2D eigenvalue weighted by Gasteiger charge is -2.41. The van der Waals surface area contributed by atoms with Gasteiger partial charge in [0.15, 0.2) is 11.5 Å². The minimum absolute atomic E-state index is 0.00914. The summed E-state index contributed by atoms with van der Waals surface area (Å²) in [6, 6.07) is 12.6. The van der Waals surface area contributed by atoms with Gasteiger partial charge in [-0.1, -0.05) is 29.8 Å². The third kappa shape index (κ3) is 4.94. The number of fused-ring (bicyclic) bond motifs is 1. The largest absolute Gasteiger partial charge is 0.493 e. The topological polar surface area (TPSA) is 60.0 Å². The number of hydrogen-bond donors (Lipinski definition) is 1. The van der Waals surface area contributed by atoms with Crippen molar-refractivity contribution in [2.45, 2.75) is 38.9 Å². The smallest absolute Gasteiger partial charge is 0.246 e. The molecule has 1 aliphatic heterocycles. The van der Waals surface area contributed by atoms with Crippen molar-refractivity contribution in [2.24, 2.45) is 0 Å². The number of hydrogen-bond acceptors (Lipinski definition) is 5. The average Bonchev–Trinajstić information content (AvgIpc) is 2.72. The maximum Gasteiger partial charge on any atom is 0.246 e. The Morgan fingerprint density at radius 1 is 1.17 bits per heavy atom. The van der Waals surface area contributed by atoms with Gasteiger partial charge in [0.1, 0.15) is 6.61 Å². The van der Waals surface area contributed by atoms with Gasteiger partial charge in [-0.25, -0.2) is 0 Å². The standard InChI is InChI=1S/C24H32N2O4/c1-16-7-6-8-18(11-16)14-26-10-9-19-12-21(29-4)22(30-5)13-20(19)24(26)17(2)25-23(27)15-28-3/h6-8,11-13,17,24H,9-10,14-15H2,1-5H3,(H,25,27)/t17-,24+/m1/s1. The van der Waals surface area contributed by atoms with E-state index in [0.717, 1.165) is 30.8 Å². The molecule has 0 aromatic heterocycles. The van der Waals surface area contributed by atoms with E-state index in [1.807, 2.05) is 6.92 Å². The van der Waals surface area contributed by atoms with Crippen molar-refractivity contribution < 1.29 is 19.0 Å². The number of nitrogens with zero attached hydrogens (tertiary/aromatic N) is 1. The lowest BCUT2D eigenvalue weighted by molar-refractivity contribution is -0.125. The Labute approximate surface area is 179 Å². The fourth-order valence-corrected chi connectivity index (χ4v) is 4.34. The normalized spacial score (nSPS) is 17.2. The van der Waals surface area contributed by atoms with Crippen LogP contribution in [0.1, 0.15) is 35.2 Å². The maximum absolute atomic E-state index is 12.2. The Morgan fingerprint density at radius 2 is 1.90 bits per heavy atom. The summed E-state index contributed by atoms with van der Waals surface area (Å²) in [7, 11) is 4.83. The molecule has 1 aliphatic rings.